The summed E-state index contributed by atoms with van der Waals surface area (Å²) < 4.78 is 0. The lowest BCUT2D eigenvalue weighted by atomic mass is 10.4. The third-order valence-corrected chi connectivity index (χ3v) is 3.12. The number of hydrogen-bond donors (Lipinski definition) is 1. The first-order valence-corrected chi connectivity index (χ1v) is 5.78. The van der Waals surface area contributed by atoms with Gasteiger partial charge in [0.05, 0.1) is 6.20 Å². The molecule has 1 aromatic rings. The van der Waals surface area contributed by atoms with Crippen LogP contribution in [0, 0.1) is 6.92 Å². The molecule has 2 rings (SSSR count). The van der Waals surface area contributed by atoms with Crippen molar-refractivity contribution in [2.24, 2.45) is 0 Å². The number of rotatable bonds is 1. The van der Waals surface area contributed by atoms with E-state index in [1.807, 2.05) is 18.7 Å². The van der Waals surface area contributed by atoms with Crippen LogP contribution in [-0.4, -0.2) is 39.7 Å². The lowest BCUT2D eigenvalue weighted by Crippen LogP contribution is -2.33. The first-order valence-electron chi connectivity index (χ1n) is 4.62. The van der Waals surface area contributed by atoms with Crippen LogP contribution < -0.4 is 4.90 Å². The Morgan fingerprint density at radius 1 is 1.43 bits per heavy atom. The standard InChI is InChI=1S/C9H13N3OS/c1-7-10-6-8(13)9(11-7)12-2-4-14-5-3-12/h6,13H,2-5H2,1H3. The van der Waals surface area contributed by atoms with Crippen molar-refractivity contribution in [1.82, 2.24) is 9.97 Å². The molecule has 0 unspecified atom stereocenters. The predicted octanol–water partition coefficient (Wildman–Crippen LogP) is 1.04. The third kappa shape index (κ3) is 1.92. The van der Waals surface area contributed by atoms with E-state index in [1.54, 1.807) is 0 Å². The van der Waals surface area contributed by atoms with Gasteiger partial charge >= 0.3 is 0 Å². The maximum Gasteiger partial charge on any atom is 0.177 e. The molecule has 1 fully saturated rings. The van der Waals surface area contributed by atoms with Crippen molar-refractivity contribution in [3.63, 3.8) is 0 Å². The second kappa shape index (κ2) is 4.04. The Bertz CT molecular complexity index is 326. The number of thioether (sulfide) groups is 1. The Morgan fingerprint density at radius 3 is 2.86 bits per heavy atom. The smallest absolute Gasteiger partial charge is 0.177 e. The van der Waals surface area contributed by atoms with Gasteiger partial charge in [-0.2, -0.15) is 11.8 Å². The van der Waals surface area contributed by atoms with Gasteiger partial charge in [0.15, 0.2) is 11.6 Å². The molecule has 0 amide bonds. The largest absolute Gasteiger partial charge is 0.503 e. The fourth-order valence-corrected chi connectivity index (χ4v) is 2.36. The van der Waals surface area contributed by atoms with E-state index >= 15 is 0 Å². The van der Waals surface area contributed by atoms with Gasteiger partial charge in [0.25, 0.3) is 0 Å². The molecule has 14 heavy (non-hydrogen) atoms. The molecular formula is C9H13N3OS. The van der Waals surface area contributed by atoms with Crippen molar-refractivity contribution in [2.75, 3.05) is 29.5 Å². The van der Waals surface area contributed by atoms with Gasteiger partial charge < -0.3 is 10.0 Å². The van der Waals surface area contributed by atoms with Crippen LogP contribution in [0.25, 0.3) is 0 Å². The average Bonchev–Trinajstić information content (AvgIpc) is 2.23. The number of hydrogen-bond acceptors (Lipinski definition) is 5. The number of anilines is 1. The monoisotopic (exact) mass is 211 g/mol. The first-order chi connectivity index (χ1) is 6.77. The van der Waals surface area contributed by atoms with E-state index in [1.165, 1.54) is 6.20 Å². The molecule has 76 valence electrons. The van der Waals surface area contributed by atoms with E-state index in [9.17, 15) is 5.11 Å². The summed E-state index contributed by atoms with van der Waals surface area (Å²) in [4.78, 5) is 10.3. The highest BCUT2D eigenvalue weighted by Gasteiger charge is 2.16. The molecule has 0 radical (unpaired) electrons. The summed E-state index contributed by atoms with van der Waals surface area (Å²) in [5, 5.41) is 9.61. The van der Waals surface area contributed by atoms with E-state index in [0.29, 0.717) is 11.6 Å². The fourth-order valence-electron chi connectivity index (χ4n) is 1.46. The zero-order valence-electron chi connectivity index (χ0n) is 8.10. The highest BCUT2D eigenvalue weighted by Crippen LogP contribution is 2.25. The van der Waals surface area contributed by atoms with E-state index in [2.05, 4.69) is 14.9 Å². The fraction of sp³-hybridized carbons (Fsp3) is 0.556. The molecule has 4 nitrogen and oxygen atoms in total. The quantitative estimate of drug-likeness (QED) is 0.752. The van der Waals surface area contributed by atoms with E-state index in [-0.39, 0.29) is 5.75 Å². The lowest BCUT2D eigenvalue weighted by Gasteiger charge is -2.27. The molecule has 0 spiro atoms. The Labute approximate surface area is 87.4 Å². The molecule has 1 aromatic heterocycles. The number of aromatic nitrogens is 2. The normalized spacial score (nSPS) is 17.1. The molecule has 0 aliphatic carbocycles. The van der Waals surface area contributed by atoms with Crippen LogP contribution in [0.1, 0.15) is 5.82 Å². The van der Waals surface area contributed by atoms with Gasteiger partial charge in [-0.25, -0.2) is 9.97 Å². The van der Waals surface area contributed by atoms with E-state index in [0.717, 1.165) is 24.6 Å². The second-order valence-corrected chi connectivity index (χ2v) is 4.45. The van der Waals surface area contributed by atoms with Crippen LogP contribution in [0.4, 0.5) is 5.82 Å². The molecule has 1 N–H and O–H groups in total. The molecule has 1 aliphatic rings. The summed E-state index contributed by atoms with van der Waals surface area (Å²) >= 11 is 1.94. The van der Waals surface area contributed by atoms with Crippen molar-refractivity contribution in [3.05, 3.63) is 12.0 Å². The minimum Gasteiger partial charge on any atom is -0.503 e. The Kier molecular flexibility index (Phi) is 2.77. The Balaban J connectivity index is 2.24. The summed E-state index contributed by atoms with van der Waals surface area (Å²) in [6.07, 6.45) is 1.47. The van der Waals surface area contributed by atoms with Crippen molar-refractivity contribution in [3.8, 4) is 5.75 Å². The molecular weight excluding hydrogens is 198 g/mol. The van der Waals surface area contributed by atoms with Crippen molar-refractivity contribution < 1.29 is 5.11 Å². The molecule has 1 aliphatic heterocycles. The summed E-state index contributed by atoms with van der Waals surface area (Å²) in [5.74, 6) is 3.77. The lowest BCUT2D eigenvalue weighted by molar-refractivity contribution is 0.467. The molecule has 5 heteroatoms. The zero-order valence-corrected chi connectivity index (χ0v) is 8.92. The topological polar surface area (TPSA) is 49.3 Å². The van der Waals surface area contributed by atoms with Gasteiger partial charge in [-0.05, 0) is 6.92 Å². The van der Waals surface area contributed by atoms with Crippen LogP contribution in [0.15, 0.2) is 6.20 Å². The van der Waals surface area contributed by atoms with Gasteiger partial charge in [-0.15, -0.1) is 0 Å². The zero-order chi connectivity index (χ0) is 9.97. The average molecular weight is 211 g/mol. The maximum absolute atomic E-state index is 9.61. The van der Waals surface area contributed by atoms with Crippen molar-refractivity contribution in [1.29, 1.82) is 0 Å². The maximum atomic E-state index is 9.61. The summed E-state index contributed by atoms with van der Waals surface area (Å²) in [6, 6.07) is 0. The Hall–Kier alpha value is -0.970. The number of nitrogens with zero attached hydrogens (tertiary/aromatic N) is 3. The van der Waals surface area contributed by atoms with Crippen LogP contribution in [0.3, 0.4) is 0 Å². The SMILES string of the molecule is Cc1ncc(O)c(N2CCSCC2)n1. The molecule has 0 saturated carbocycles. The Morgan fingerprint density at radius 2 is 2.14 bits per heavy atom. The highest BCUT2D eigenvalue weighted by atomic mass is 32.2. The third-order valence-electron chi connectivity index (χ3n) is 2.18. The van der Waals surface area contributed by atoms with Crippen molar-refractivity contribution in [2.45, 2.75) is 6.92 Å². The molecule has 0 atom stereocenters. The second-order valence-electron chi connectivity index (χ2n) is 3.23. The van der Waals surface area contributed by atoms with Crippen LogP contribution in [0.5, 0.6) is 5.75 Å². The van der Waals surface area contributed by atoms with Gasteiger partial charge in [0, 0.05) is 24.6 Å². The van der Waals surface area contributed by atoms with Crippen LogP contribution >= 0.6 is 11.8 Å². The van der Waals surface area contributed by atoms with Crippen LogP contribution in [-0.2, 0) is 0 Å². The van der Waals surface area contributed by atoms with E-state index < -0.39 is 0 Å². The van der Waals surface area contributed by atoms with Gasteiger partial charge in [0.1, 0.15) is 5.82 Å². The molecule has 2 heterocycles. The highest BCUT2D eigenvalue weighted by molar-refractivity contribution is 7.99. The molecule has 0 aromatic carbocycles. The van der Waals surface area contributed by atoms with Gasteiger partial charge in [-0.1, -0.05) is 0 Å². The number of aryl methyl sites for hydroxylation is 1. The minimum absolute atomic E-state index is 0.183. The molecule has 1 saturated heterocycles. The van der Waals surface area contributed by atoms with Crippen LogP contribution in [0.2, 0.25) is 0 Å². The molecule has 0 bridgehead atoms. The minimum atomic E-state index is 0.183. The number of aromatic hydroxyl groups is 1. The van der Waals surface area contributed by atoms with Crippen molar-refractivity contribution >= 4 is 17.6 Å². The summed E-state index contributed by atoms with van der Waals surface area (Å²) in [5.41, 5.74) is 0. The van der Waals surface area contributed by atoms with E-state index in [4.69, 9.17) is 0 Å². The first kappa shape index (κ1) is 9.58. The predicted molar refractivity (Wildman–Crippen MR) is 58.0 cm³/mol. The summed E-state index contributed by atoms with van der Waals surface area (Å²) in [6.45, 7) is 3.74. The van der Waals surface area contributed by atoms with Gasteiger partial charge in [0.2, 0.25) is 0 Å². The van der Waals surface area contributed by atoms with Gasteiger partial charge in [-0.3, -0.25) is 0 Å². The summed E-state index contributed by atoms with van der Waals surface area (Å²) in [7, 11) is 0.